The summed E-state index contributed by atoms with van der Waals surface area (Å²) in [5.41, 5.74) is 1.97. The first-order valence-electron chi connectivity index (χ1n) is 13.3. The van der Waals surface area contributed by atoms with Crippen LogP contribution in [0.4, 0.5) is 11.8 Å². The summed E-state index contributed by atoms with van der Waals surface area (Å²) in [5, 5.41) is 7.51. The number of carbonyl (C=O) groups is 2. The minimum absolute atomic E-state index is 0.00588. The average Bonchev–Trinajstić information content (AvgIpc) is 3.49. The first-order valence-corrected chi connectivity index (χ1v) is 13.3. The van der Waals surface area contributed by atoms with E-state index in [-0.39, 0.29) is 17.9 Å². The standard InChI is InChI=1S/C27H36N8O2/c1-4-20-17-34(13-7-12-28-20)25(36)18-10-11-23(29-15-18)31-27-30-16-19-14-22(26(37)33(2)3)35(24(19)32-27)21-8-5-6-9-21/h10-11,14-16,20-21,28H,4-9,12-13,17H2,1-3H3,(H,29,30,31,32)/t20-/m0/s1. The number of nitrogens with zero attached hydrogens (tertiary/aromatic N) is 6. The molecule has 10 heteroatoms. The molecular weight excluding hydrogens is 468 g/mol. The molecule has 1 saturated carbocycles. The fourth-order valence-corrected chi connectivity index (χ4v) is 5.34. The van der Waals surface area contributed by atoms with Crippen LogP contribution >= 0.6 is 0 Å². The molecule has 2 fully saturated rings. The first kappa shape index (κ1) is 25.1. The molecule has 0 aromatic carbocycles. The molecule has 4 heterocycles. The molecule has 0 bridgehead atoms. The van der Waals surface area contributed by atoms with Gasteiger partial charge in [0.2, 0.25) is 5.95 Å². The molecule has 1 atom stereocenters. The van der Waals surface area contributed by atoms with Crippen molar-refractivity contribution in [1.29, 1.82) is 0 Å². The molecule has 1 aliphatic carbocycles. The van der Waals surface area contributed by atoms with Crippen molar-refractivity contribution in [3.8, 4) is 0 Å². The zero-order valence-electron chi connectivity index (χ0n) is 21.9. The third kappa shape index (κ3) is 5.29. The number of pyridine rings is 1. The number of fused-ring (bicyclic) bond motifs is 1. The SMILES string of the molecule is CC[C@H]1CN(C(=O)c2ccc(Nc3ncc4cc(C(=O)N(C)C)n(C5CCCC5)c4n3)nc2)CCCN1. The molecule has 0 unspecified atom stereocenters. The van der Waals surface area contributed by atoms with Gasteiger partial charge in [0.05, 0.1) is 5.56 Å². The highest BCUT2D eigenvalue weighted by molar-refractivity contribution is 5.98. The van der Waals surface area contributed by atoms with Crippen LogP contribution in [0, 0.1) is 0 Å². The summed E-state index contributed by atoms with van der Waals surface area (Å²) >= 11 is 0. The average molecular weight is 505 g/mol. The summed E-state index contributed by atoms with van der Waals surface area (Å²) in [7, 11) is 3.53. The van der Waals surface area contributed by atoms with Crippen molar-refractivity contribution in [2.75, 3.05) is 39.0 Å². The second kappa shape index (κ2) is 10.8. The summed E-state index contributed by atoms with van der Waals surface area (Å²) in [6, 6.07) is 6.04. The Morgan fingerprint density at radius 2 is 1.95 bits per heavy atom. The maximum Gasteiger partial charge on any atom is 0.270 e. The fourth-order valence-electron chi connectivity index (χ4n) is 5.34. The molecule has 0 spiro atoms. The third-order valence-electron chi connectivity index (χ3n) is 7.40. The summed E-state index contributed by atoms with van der Waals surface area (Å²) in [4.78, 5) is 43.2. The van der Waals surface area contributed by atoms with Gasteiger partial charge >= 0.3 is 0 Å². The lowest BCUT2D eigenvalue weighted by molar-refractivity contribution is 0.0751. The van der Waals surface area contributed by atoms with Gasteiger partial charge in [-0.25, -0.2) is 9.97 Å². The number of aromatic nitrogens is 4. The Bertz CT molecular complexity index is 1260. The fraction of sp³-hybridized carbons (Fsp3) is 0.519. The van der Waals surface area contributed by atoms with Crippen LogP contribution in [0.5, 0.6) is 0 Å². The number of rotatable bonds is 6. The van der Waals surface area contributed by atoms with Gasteiger partial charge in [0.1, 0.15) is 17.2 Å². The number of amides is 2. The van der Waals surface area contributed by atoms with E-state index >= 15 is 0 Å². The number of nitrogens with one attached hydrogen (secondary N) is 2. The molecule has 10 nitrogen and oxygen atoms in total. The lowest BCUT2D eigenvalue weighted by atomic mass is 10.2. The van der Waals surface area contributed by atoms with E-state index in [0.29, 0.717) is 35.6 Å². The Hall–Kier alpha value is -3.53. The number of hydrogen-bond acceptors (Lipinski definition) is 7. The maximum atomic E-state index is 13.1. The highest BCUT2D eigenvalue weighted by Crippen LogP contribution is 2.34. The molecule has 5 rings (SSSR count). The minimum Gasteiger partial charge on any atom is -0.343 e. The Morgan fingerprint density at radius 3 is 2.65 bits per heavy atom. The Kier molecular flexibility index (Phi) is 7.36. The topological polar surface area (TPSA) is 108 Å². The monoisotopic (exact) mass is 504 g/mol. The van der Waals surface area contributed by atoms with Crippen LogP contribution < -0.4 is 10.6 Å². The maximum absolute atomic E-state index is 13.1. The Morgan fingerprint density at radius 1 is 1.14 bits per heavy atom. The molecule has 2 amide bonds. The van der Waals surface area contributed by atoms with Crippen LogP contribution in [0.3, 0.4) is 0 Å². The van der Waals surface area contributed by atoms with E-state index in [2.05, 4.69) is 32.1 Å². The van der Waals surface area contributed by atoms with E-state index in [0.717, 1.165) is 62.6 Å². The second-order valence-electron chi connectivity index (χ2n) is 10.2. The van der Waals surface area contributed by atoms with Gasteiger partial charge in [-0.1, -0.05) is 19.8 Å². The molecule has 0 radical (unpaired) electrons. The molecule has 3 aromatic heterocycles. The lowest BCUT2D eigenvalue weighted by Gasteiger charge is -2.24. The van der Waals surface area contributed by atoms with Gasteiger partial charge < -0.3 is 25.0 Å². The number of hydrogen-bond donors (Lipinski definition) is 2. The molecule has 2 N–H and O–H groups in total. The molecule has 2 aliphatic rings. The highest BCUT2D eigenvalue weighted by atomic mass is 16.2. The Labute approximate surface area is 217 Å². The summed E-state index contributed by atoms with van der Waals surface area (Å²) in [6.07, 6.45) is 9.66. The largest absolute Gasteiger partial charge is 0.343 e. The van der Waals surface area contributed by atoms with Gasteiger partial charge in [-0.15, -0.1) is 0 Å². The Balaban J connectivity index is 1.37. The van der Waals surface area contributed by atoms with Crippen LogP contribution in [-0.2, 0) is 0 Å². The third-order valence-corrected chi connectivity index (χ3v) is 7.40. The molecule has 3 aromatic rings. The van der Waals surface area contributed by atoms with Crippen LogP contribution in [0.1, 0.15) is 72.3 Å². The lowest BCUT2D eigenvalue weighted by Crippen LogP contribution is -2.40. The van der Waals surface area contributed by atoms with Gasteiger partial charge in [-0.3, -0.25) is 9.59 Å². The van der Waals surface area contributed by atoms with Crippen molar-refractivity contribution in [3.63, 3.8) is 0 Å². The minimum atomic E-state index is -0.0354. The zero-order chi connectivity index (χ0) is 25.9. The number of anilines is 2. The predicted molar refractivity (Wildman–Crippen MR) is 143 cm³/mol. The summed E-state index contributed by atoms with van der Waals surface area (Å²) in [5.74, 6) is 0.936. The van der Waals surface area contributed by atoms with E-state index in [1.54, 1.807) is 43.5 Å². The highest BCUT2D eigenvalue weighted by Gasteiger charge is 2.27. The summed E-state index contributed by atoms with van der Waals surface area (Å²) < 4.78 is 2.09. The molecular formula is C27H36N8O2. The van der Waals surface area contributed by atoms with Crippen molar-refractivity contribution in [1.82, 2.24) is 34.6 Å². The van der Waals surface area contributed by atoms with E-state index in [1.807, 2.05) is 11.0 Å². The van der Waals surface area contributed by atoms with Gasteiger partial charge in [0.25, 0.3) is 11.8 Å². The molecule has 1 aliphatic heterocycles. The van der Waals surface area contributed by atoms with E-state index in [4.69, 9.17) is 4.98 Å². The molecule has 1 saturated heterocycles. The van der Waals surface area contributed by atoms with Crippen molar-refractivity contribution >= 4 is 34.6 Å². The quantitative estimate of drug-likeness (QED) is 0.528. The van der Waals surface area contributed by atoms with Crippen LogP contribution in [0.25, 0.3) is 11.0 Å². The van der Waals surface area contributed by atoms with Crippen molar-refractivity contribution in [2.24, 2.45) is 0 Å². The van der Waals surface area contributed by atoms with Gasteiger partial charge in [-0.2, -0.15) is 4.98 Å². The van der Waals surface area contributed by atoms with Crippen LogP contribution in [0.2, 0.25) is 0 Å². The van der Waals surface area contributed by atoms with Crippen LogP contribution in [0.15, 0.2) is 30.6 Å². The normalized spacial score (nSPS) is 18.7. The first-order chi connectivity index (χ1) is 17.9. The van der Waals surface area contributed by atoms with Crippen molar-refractivity contribution in [2.45, 2.75) is 57.5 Å². The van der Waals surface area contributed by atoms with Crippen LogP contribution in [-0.4, -0.2) is 80.9 Å². The van der Waals surface area contributed by atoms with Crippen molar-refractivity contribution in [3.05, 3.63) is 41.9 Å². The number of carbonyl (C=O) groups excluding carboxylic acids is 2. The summed E-state index contributed by atoms with van der Waals surface area (Å²) in [6.45, 7) is 4.53. The smallest absolute Gasteiger partial charge is 0.270 e. The molecule has 196 valence electrons. The molecule has 37 heavy (non-hydrogen) atoms. The van der Waals surface area contributed by atoms with E-state index in [9.17, 15) is 9.59 Å². The van der Waals surface area contributed by atoms with Gasteiger partial charge in [0, 0.05) is 57.0 Å². The van der Waals surface area contributed by atoms with E-state index in [1.165, 1.54) is 0 Å². The van der Waals surface area contributed by atoms with Crippen molar-refractivity contribution < 1.29 is 9.59 Å². The second-order valence-corrected chi connectivity index (χ2v) is 10.2. The zero-order valence-corrected chi connectivity index (χ0v) is 21.9. The van der Waals surface area contributed by atoms with E-state index < -0.39 is 0 Å². The predicted octanol–water partition coefficient (Wildman–Crippen LogP) is 3.60. The van der Waals surface area contributed by atoms with Gasteiger partial charge in [-0.05, 0) is 50.4 Å². The van der Waals surface area contributed by atoms with Gasteiger partial charge in [0.15, 0.2) is 0 Å².